The summed E-state index contributed by atoms with van der Waals surface area (Å²) in [6.07, 6.45) is 0. The number of hydrogen-bond acceptors (Lipinski definition) is 7. The maximum atomic E-state index is 7.25. The highest BCUT2D eigenvalue weighted by Crippen LogP contribution is 2.48. The van der Waals surface area contributed by atoms with E-state index in [-0.39, 0.29) is 23.7 Å². The van der Waals surface area contributed by atoms with Crippen LogP contribution in [0, 0.1) is 13.8 Å². The van der Waals surface area contributed by atoms with E-state index in [2.05, 4.69) is 234 Å². The minimum Gasteiger partial charge on any atom is -0.457 e. The Labute approximate surface area is 482 Å². The van der Waals surface area contributed by atoms with E-state index in [0.29, 0.717) is 39.5 Å². The van der Waals surface area contributed by atoms with Gasteiger partial charge in [0.25, 0.3) is 0 Å². The van der Waals surface area contributed by atoms with Crippen LogP contribution >= 0.6 is 0 Å². The van der Waals surface area contributed by atoms with E-state index in [1.165, 1.54) is 44.5 Å². The zero-order valence-corrected chi connectivity index (χ0v) is 48.5. The Hall–Kier alpha value is -9.60. The molecule has 408 valence electrons. The average Bonchev–Trinajstić information content (AvgIpc) is 2.40. The van der Waals surface area contributed by atoms with Gasteiger partial charge in [0.15, 0.2) is 11.2 Å². The van der Waals surface area contributed by atoms with Crippen LogP contribution in [0.15, 0.2) is 191 Å². The Bertz CT molecular complexity index is 4800. The molecule has 6 aromatic heterocycles. The van der Waals surface area contributed by atoms with Gasteiger partial charge in [0.1, 0.15) is 34.2 Å². The first-order valence-corrected chi connectivity index (χ1v) is 29.1. The van der Waals surface area contributed by atoms with Gasteiger partial charge in [-0.2, -0.15) is 0 Å². The number of nitrogens with zero attached hydrogens (tertiary/aromatic N) is 6. The topological polar surface area (TPSA) is 96.9 Å². The number of benzene rings is 8. The Morgan fingerprint density at radius 2 is 0.916 bits per heavy atom. The van der Waals surface area contributed by atoms with Crippen LogP contribution in [0.1, 0.15) is 113 Å². The summed E-state index contributed by atoms with van der Waals surface area (Å²) in [5.74, 6) is 3.55. The summed E-state index contributed by atoms with van der Waals surface area (Å²) in [6, 6.07) is 64.3. The summed E-state index contributed by atoms with van der Waals surface area (Å²) >= 11 is 0. The van der Waals surface area contributed by atoms with Crippen molar-refractivity contribution in [3.05, 3.63) is 216 Å². The molecule has 0 bridgehead atoms. The summed E-state index contributed by atoms with van der Waals surface area (Å²) in [5.41, 5.74) is 22.1. The molecule has 9 nitrogen and oxygen atoms in total. The van der Waals surface area contributed by atoms with Crippen molar-refractivity contribution in [2.24, 2.45) is 0 Å². The Balaban J connectivity index is 0.999. The highest BCUT2D eigenvalue weighted by molar-refractivity contribution is 6.19. The van der Waals surface area contributed by atoms with Crippen LogP contribution in [-0.4, -0.2) is 29.1 Å². The zero-order chi connectivity index (χ0) is 56.9. The van der Waals surface area contributed by atoms with Gasteiger partial charge in [0, 0.05) is 11.3 Å². The van der Waals surface area contributed by atoms with Crippen LogP contribution in [0.3, 0.4) is 0 Å². The van der Waals surface area contributed by atoms with Crippen molar-refractivity contribution in [1.29, 1.82) is 0 Å². The normalized spacial score (nSPS) is 12.2. The fraction of sp³-hybridized carbons (Fsp3) is 0.189. The van der Waals surface area contributed by atoms with Crippen molar-refractivity contribution in [3.8, 4) is 67.9 Å². The van der Waals surface area contributed by atoms with Crippen LogP contribution in [-0.2, 0) is 0 Å². The number of aryl methyl sites for hydroxylation is 2. The van der Waals surface area contributed by atoms with Crippen molar-refractivity contribution in [2.45, 2.75) is 92.9 Å². The van der Waals surface area contributed by atoms with E-state index in [0.717, 1.165) is 83.8 Å². The lowest BCUT2D eigenvalue weighted by Crippen LogP contribution is -2.09. The summed E-state index contributed by atoms with van der Waals surface area (Å²) in [5, 5.41) is 2.54. The molecule has 8 aromatic carbocycles. The van der Waals surface area contributed by atoms with Gasteiger partial charge in [-0.25, -0.2) is 19.9 Å². The zero-order valence-electron chi connectivity index (χ0n) is 48.5. The first-order chi connectivity index (χ1) is 40.3. The smallest absolute Gasteiger partial charge is 0.227 e. The summed E-state index contributed by atoms with van der Waals surface area (Å²) in [4.78, 5) is 21.2. The van der Waals surface area contributed by atoms with Crippen LogP contribution in [0.4, 0.5) is 0 Å². The van der Waals surface area contributed by atoms with Crippen molar-refractivity contribution < 1.29 is 13.6 Å². The first kappa shape index (κ1) is 51.5. The lowest BCUT2D eigenvalue weighted by molar-refractivity contribution is 0.483. The standard InChI is InChI=1S/C74H64N6O3/c1-41(2)55-35-50(47-22-13-11-14-23-47)36-56(42(3)4)67(55)79-63-30-19-17-28-61(63)77-72(79)49-26-21-27-52(34-49)81-53-39-59-66-71(70-65(46(10)76-66)54-33-32-45(9)75-74(54)83-70)82-69(59)60(40-53)73-78-62-29-18-20-31-64(62)80(73)68-57(43(5)6)37-51(38-58(68)44(7)8)48-24-15-12-16-25-48/h11-44H,1-10H3. The third kappa shape index (κ3) is 8.67. The number of fused-ring (bicyclic) bond motifs is 9. The molecular formula is C74H64N6O3. The molecule has 0 spiro atoms. The van der Waals surface area contributed by atoms with Crippen LogP contribution in [0.2, 0.25) is 0 Å². The number of imidazole rings is 2. The molecule has 6 heterocycles. The lowest BCUT2D eigenvalue weighted by atomic mass is 9.88. The number of rotatable bonds is 12. The number of hydrogen-bond donors (Lipinski definition) is 0. The van der Waals surface area contributed by atoms with Crippen LogP contribution in [0.25, 0.3) is 123 Å². The third-order valence-corrected chi connectivity index (χ3v) is 16.5. The minimum absolute atomic E-state index is 0.162. The summed E-state index contributed by atoms with van der Waals surface area (Å²) < 4.78 is 25.9. The number of ether oxygens (including phenoxy) is 1. The molecule has 0 unspecified atom stereocenters. The Morgan fingerprint density at radius 3 is 1.48 bits per heavy atom. The third-order valence-electron chi connectivity index (χ3n) is 16.5. The quantitative estimate of drug-likeness (QED) is 0.120. The average molecular weight is 1090 g/mol. The fourth-order valence-corrected chi connectivity index (χ4v) is 12.4. The van der Waals surface area contributed by atoms with E-state index in [1.54, 1.807) is 0 Å². The number of para-hydroxylation sites is 4. The van der Waals surface area contributed by atoms with Gasteiger partial charge in [-0.1, -0.05) is 152 Å². The van der Waals surface area contributed by atoms with Gasteiger partial charge >= 0.3 is 0 Å². The van der Waals surface area contributed by atoms with E-state index in [9.17, 15) is 0 Å². The molecular weight excluding hydrogens is 1020 g/mol. The number of pyridine rings is 2. The molecule has 0 aliphatic heterocycles. The molecule has 0 amide bonds. The lowest BCUT2D eigenvalue weighted by Gasteiger charge is -2.24. The van der Waals surface area contributed by atoms with Crippen molar-refractivity contribution in [3.63, 3.8) is 0 Å². The predicted octanol–water partition coefficient (Wildman–Crippen LogP) is 20.5. The first-order valence-electron chi connectivity index (χ1n) is 29.1. The highest BCUT2D eigenvalue weighted by atomic mass is 16.5. The number of furan rings is 2. The molecule has 14 rings (SSSR count). The van der Waals surface area contributed by atoms with E-state index >= 15 is 0 Å². The van der Waals surface area contributed by atoms with Gasteiger partial charge < -0.3 is 13.6 Å². The van der Waals surface area contributed by atoms with Gasteiger partial charge in [-0.15, -0.1) is 0 Å². The Morgan fingerprint density at radius 1 is 0.398 bits per heavy atom. The monoisotopic (exact) mass is 1080 g/mol. The molecule has 0 N–H and O–H groups in total. The largest absolute Gasteiger partial charge is 0.457 e. The van der Waals surface area contributed by atoms with Crippen molar-refractivity contribution in [1.82, 2.24) is 29.1 Å². The molecule has 0 aliphatic rings. The highest BCUT2D eigenvalue weighted by Gasteiger charge is 2.30. The van der Waals surface area contributed by atoms with Gasteiger partial charge in [0.2, 0.25) is 5.71 Å². The molecule has 14 aromatic rings. The molecule has 0 aliphatic carbocycles. The second-order valence-electron chi connectivity index (χ2n) is 23.4. The SMILES string of the molecule is Cc1ccc2c(n1)oc1c3oc4c(-c5nc6ccccc6n5-c5c(C(C)C)cc(-c6ccccc6)cc5C(C)C)cc(Oc5cccc(-c6nc7ccccc7n6-c6c(C(C)C)cc(-c7ccccc7)cc6C(C)C)c5)cc4c3nc(C)c21. The van der Waals surface area contributed by atoms with Crippen molar-refractivity contribution in [2.75, 3.05) is 0 Å². The predicted molar refractivity (Wildman–Crippen MR) is 340 cm³/mol. The Kier molecular flexibility index (Phi) is 12.5. The molecule has 0 radical (unpaired) electrons. The van der Waals surface area contributed by atoms with Crippen LogP contribution in [0.5, 0.6) is 11.5 Å². The maximum absolute atomic E-state index is 7.25. The number of aromatic nitrogens is 6. The minimum atomic E-state index is 0.162. The van der Waals surface area contributed by atoms with Crippen LogP contribution < -0.4 is 4.74 Å². The summed E-state index contributed by atoms with van der Waals surface area (Å²) in [6.45, 7) is 22.3. The van der Waals surface area contributed by atoms with Crippen molar-refractivity contribution >= 4 is 66.2 Å². The molecule has 0 saturated carbocycles. The molecule has 0 fully saturated rings. The summed E-state index contributed by atoms with van der Waals surface area (Å²) in [7, 11) is 0. The second-order valence-corrected chi connectivity index (χ2v) is 23.4. The molecule has 0 atom stereocenters. The van der Waals surface area contributed by atoms with E-state index in [1.807, 2.05) is 26.0 Å². The van der Waals surface area contributed by atoms with Gasteiger partial charge in [-0.3, -0.25) is 9.13 Å². The fourth-order valence-electron chi connectivity index (χ4n) is 12.4. The molecule has 9 heteroatoms. The molecule has 0 saturated heterocycles. The van der Waals surface area contributed by atoms with Gasteiger partial charge in [-0.05, 0) is 167 Å². The van der Waals surface area contributed by atoms with E-state index < -0.39 is 0 Å². The molecule has 83 heavy (non-hydrogen) atoms. The second kappa shape index (κ2) is 20.1. The maximum Gasteiger partial charge on any atom is 0.227 e. The van der Waals surface area contributed by atoms with E-state index in [4.69, 9.17) is 33.5 Å². The van der Waals surface area contributed by atoms with Gasteiger partial charge in [0.05, 0.1) is 60.9 Å².